The number of nitrogens with one attached hydrogen (secondary N) is 1. The summed E-state index contributed by atoms with van der Waals surface area (Å²) in [5.74, 6) is 0.975. The standard InChI is InChI=1S/C19H20ClN5/c20-15-3-1-14(2-4-15)18-17(13-5-9-22-10-6-13)19(24-23-18)25-11-7-16(21)8-12-25/h1-6,9-10,16H,7-8,11-12,21H2,(H,23,24). The van der Waals surface area contributed by atoms with Crippen LogP contribution in [0.25, 0.3) is 22.4 Å². The maximum Gasteiger partial charge on any atom is 0.158 e. The molecule has 3 N–H and O–H groups in total. The SMILES string of the molecule is NC1CCN(c2n[nH]c(-c3ccc(Cl)cc3)c2-c2ccncc2)CC1. The molecule has 1 fully saturated rings. The summed E-state index contributed by atoms with van der Waals surface area (Å²) in [6, 6.07) is 12.1. The van der Waals surface area contributed by atoms with Gasteiger partial charge in [-0.25, -0.2) is 0 Å². The molecule has 128 valence electrons. The Kier molecular flexibility index (Phi) is 4.42. The molecule has 0 bridgehead atoms. The molecule has 1 aliphatic heterocycles. The molecule has 0 unspecified atom stereocenters. The van der Waals surface area contributed by atoms with Crippen LogP contribution in [0.1, 0.15) is 12.8 Å². The minimum absolute atomic E-state index is 0.287. The van der Waals surface area contributed by atoms with E-state index in [1.165, 1.54) is 0 Å². The number of benzene rings is 1. The van der Waals surface area contributed by atoms with Gasteiger partial charge in [0.05, 0.1) is 11.3 Å². The summed E-state index contributed by atoms with van der Waals surface area (Å²) in [5, 5.41) is 8.60. The first-order valence-corrected chi connectivity index (χ1v) is 8.85. The van der Waals surface area contributed by atoms with Crippen molar-refractivity contribution in [2.75, 3.05) is 18.0 Å². The van der Waals surface area contributed by atoms with Gasteiger partial charge in [0.2, 0.25) is 0 Å². The van der Waals surface area contributed by atoms with Crippen LogP contribution in [-0.2, 0) is 0 Å². The summed E-state index contributed by atoms with van der Waals surface area (Å²) in [4.78, 5) is 6.46. The first-order chi connectivity index (χ1) is 12.2. The number of H-pyrrole nitrogens is 1. The van der Waals surface area contributed by atoms with Gasteiger partial charge in [0.1, 0.15) is 0 Å². The zero-order valence-electron chi connectivity index (χ0n) is 13.8. The fourth-order valence-corrected chi connectivity index (χ4v) is 3.42. The molecule has 0 atom stereocenters. The number of hydrogen-bond donors (Lipinski definition) is 2. The molecular weight excluding hydrogens is 334 g/mol. The average molecular weight is 354 g/mol. The Bertz CT molecular complexity index is 836. The Hall–Kier alpha value is -2.37. The molecule has 1 aromatic carbocycles. The van der Waals surface area contributed by atoms with Crippen LogP contribution >= 0.6 is 11.6 Å². The number of nitrogens with zero attached hydrogens (tertiary/aromatic N) is 3. The Labute approximate surface area is 151 Å². The first-order valence-electron chi connectivity index (χ1n) is 8.47. The molecule has 6 heteroatoms. The number of halogens is 1. The van der Waals surface area contributed by atoms with Gasteiger partial charge in [-0.05, 0) is 42.7 Å². The van der Waals surface area contributed by atoms with Crippen molar-refractivity contribution in [2.24, 2.45) is 5.73 Å². The molecule has 4 rings (SSSR count). The molecular formula is C19H20ClN5. The maximum absolute atomic E-state index is 6.06. The monoisotopic (exact) mass is 353 g/mol. The van der Waals surface area contributed by atoms with Gasteiger partial charge in [-0.3, -0.25) is 10.1 Å². The fraction of sp³-hybridized carbons (Fsp3) is 0.263. The minimum Gasteiger partial charge on any atom is -0.355 e. The van der Waals surface area contributed by atoms with E-state index in [0.29, 0.717) is 0 Å². The van der Waals surface area contributed by atoms with E-state index in [2.05, 4.69) is 20.1 Å². The third kappa shape index (κ3) is 3.25. The average Bonchev–Trinajstić information content (AvgIpc) is 3.09. The normalized spacial score (nSPS) is 15.5. The minimum atomic E-state index is 0.287. The van der Waals surface area contributed by atoms with Gasteiger partial charge in [0, 0.05) is 42.1 Å². The van der Waals surface area contributed by atoms with Crippen LogP contribution in [0, 0.1) is 0 Å². The zero-order chi connectivity index (χ0) is 17.2. The Morgan fingerprint density at radius 2 is 1.68 bits per heavy atom. The van der Waals surface area contributed by atoms with E-state index in [1.807, 2.05) is 48.8 Å². The number of rotatable bonds is 3. The van der Waals surface area contributed by atoms with Crippen LogP contribution in [0.4, 0.5) is 5.82 Å². The molecule has 3 heterocycles. The number of pyridine rings is 1. The molecule has 1 saturated heterocycles. The van der Waals surface area contributed by atoms with E-state index < -0.39 is 0 Å². The molecule has 0 spiro atoms. The molecule has 2 aromatic heterocycles. The van der Waals surface area contributed by atoms with Gasteiger partial charge in [-0.1, -0.05) is 23.7 Å². The first kappa shape index (κ1) is 16.1. The number of anilines is 1. The van der Waals surface area contributed by atoms with E-state index in [-0.39, 0.29) is 6.04 Å². The van der Waals surface area contributed by atoms with Gasteiger partial charge in [-0.2, -0.15) is 5.10 Å². The molecule has 0 amide bonds. The van der Waals surface area contributed by atoms with E-state index in [0.717, 1.165) is 59.2 Å². The highest BCUT2D eigenvalue weighted by Gasteiger charge is 2.24. The quantitative estimate of drug-likeness (QED) is 0.752. The number of hydrogen-bond acceptors (Lipinski definition) is 4. The fourth-order valence-electron chi connectivity index (χ4n) is 3.29. The van der Waals surface area contributed by atoms with Crippen LogP contribution in [-0.4, -0.2) is 34.3 Å². The van der Waals surface area contributed by atoms with E-state index in [9.17, 15) is 0 Å². The highest BCUT2D eigenvalue weighted by Crippen LogP contribution is 2.38. The van der Waals surface area contributed by atoms with Crippen molar-refractivity contribution < 1.29 is 0 Å². The van der Waals surface area contributed by atoms with E-state index >= 15 is 0 Å². The predicted octanol–water partition coefficient (Wildman–Crippen LogP) is 3.72. The predicted molar refractivity (Wildman–Crippen MR) is 102 cm³/mol. The second-order valence-corrected chi connectivity index (χ2v) is 6.80. The summed E-state index contributed by atoms with van der Waals surface area (Å²) in [7, 11) is 0. The van der Waals surface area contributed by atoms with Crippen molar-refractivity contribution in [1.29, 1.82) is 0 Å². The van der Waals surface area contributed by atoms with Gasteiger partial charge in [-0.15, -0.1) is 0 Å². The largest absolute Gasteiger partial charge is 0.355 e. The van der Waals surface area contributed by atoms with Crippen LogP contribution < -0.4 is 10.6 Å². The number of aromatic amines is 1. The zero-order valence-corrected chi connectivity index (χ0v) is 14.6. The van der Waals surface area contributed by atoms with Crippen molar-refractivity contribution in [1.82, 2.24) is 15.2 Å². The van der Waals surface area contributed by atoms with Crippen molar-refractivity contribution in [2.45, 2.75) is 18.9 Å². The van der Waals surface area contributed by atoms with Crippen molar-refractivity contribution in [3.8, 4) is 22.4 Å². The summed E-state index contributed by atoms with van der Waals surface area (Å²) in [6.07, 6.45) is 5.59. The second kappa shape index (κ2) is 6.86. The van der Waals surface area contributed by atoms with Crippen LogP contribution in [0.2, 0.25) is 5.02 Å². The lowest BCUT2D eigenvalue weighted by Gasteiger charge is -2.31. The molecule has 0 saturated carbocycles. The van der Waals surface area contributed by atoms with E-state index in [1.54, 1.807) is 0 Å². The van der Waals surface area contributed by atoms with Gasteiger partial charge < -0.3 is 10.6 Å². The second-order valence-electron chi connectivity index (χ2n) is 6.36. The molecule has 0 aliphatic carbocycles. The number of nitrogens with two attached hydrogens (primary N) is 1. The van der Waals surface area contributed by atoms with Crippen LogP contribution in [0.15, 0.2) is 48.8 Å². The van der Waals surface area contributed by atoms with Gasteiger partial charge in [0.15, 0.2) is 5.82 Å². The lowest BCUT2D eigenvalue weighted by molar-refractivity contribution is 0.498. The molecule has 1 aliphatic rings. The van der Waals surface area contributed by atoms with Gasteiger partial charge in [0.25, 0.3) is 0 Å². The molecule has 3 aromatic rings. The number of piperidine rings is 1. The van der Waals surface area contributed by atoms with Crippen molar-refractivity contribution in [3.05, 3.63) is 53.8 Å². The van der Waals surface area contributed by atoms with Crippen molar-refractivity contribution >= 4 is 17.4 Å². The van der Waals surface area contributed by atoms with E-state index in [4.69, 9.17) is 17.3 Å². The lowest BCUT2D eigenvalue weighted by Crippen LogP contribution is -2.40. The highest BCUT2D eigenvalue weighted by atomic mass is 35.5. The smallest absolute Gasteiger partial charge is 0.158 e. The topological polar surface area (TPSA) is 70.8 Å². The Morgan fingerprint density at radius 1 is 1.00 bits per heavy atom. The van der Waals surface area contributed by atoms with Crippen molar-refractivity contribution in [3.63, 3.8) is 0 Å². The maximum atomic E-state index is 6.06. The summed E-state index contributed by atoms with van der Waals surface area (Å²) in [5.41, 5.74) is 10.3. The Morgan fingerprint density at radius 3 is 2.36 bits per heavy atom. The third-order valence-electron chi connectivity index (χ3n) is 4.69. The molecule has 25 heavy (non-hydrogen) atoms. The lowest BCUT2D eigenvalue weighted by atomic mass is 10.00. The Balaban J connectivity index is 1.81. The molecule has 0 radical (unpaired) electrons. The van der Waals surface area contributed by atoms with Crippen LogP contribution in [0.3, 0.4) is 0 Å². The summed E-state index contributed by atoms with van der Waals surface area (Å²) in [6.45, 7) is 1.84. The highest BCUT2D eigenvalue weighted by molar-refractivity contribution is 6.30. The third-order valence-corrected chi connectivity index (χ3v) is 4.94. The van der Waals surface area contributed by atoms with Crippen LogP contribution in [0.5, 0.6) is 0 Å². The molecule has 5 nitrogen and oxygen atoms in total. The number of aromatic nitrogens is 3. The van der Waals surface area contributed by atoms with Gasteiger partial charge >= 0.3 is 0 Å². The summed E-state index contributed by atoms with van der Waals surface area (Å²) >= 11 is 6.04. The summed E-state index contributed by atoms with van der Waals surface area (Å²) < 4.78 is 0.